The fourth-order valence-electron chi connectivity index (χ4n) is 6.30. The Hall–Kier alpha value is -2.73. The number of carbonyl (C=O) groups excluding carboxylic acids is 1. The van der Waals surface area contributed by atoms with Crippen LogP contribution < -0.4 is 15.0 Å². The summed E-state index contributed by atoms with van der Waals surface area (Å²) in [6.07, 6.45) is 2.22. The number of hydrogen-bond donors (Lipinski definition) is 1. The van der Waals surface area contributed by atoms with Crippen molar-refractivity contribution in [2.75, 3.05) is 37.7 Å². The summed E-state index contributed by atoms with van der Waals surface area (Å²) in [7, 11) is 0. The summed E-state index contributed by atoms with van der Waals surface area (Å²) < 4.78 is 5.57. The second kappa shape index (κ2) is 9.49. The van der Waals surface area contributed by atoms with Crippen molar-refractivity contribution in [1.82, 2.24) is 15.1 Å². The molecule has 2 heterocycles. The van der Waals surface area contributed by atoms with Gasteiger partial charge in [-0.1, -0.05) is 30.3 Å². The number of ether oxygens (including phenoxy) is 1. The number of urea groups is 1. The number of rotatable bonds is 6. The molecule has 0 bridgehead atoms. The molecule has 1 N–H and O–H groups in total. The highest BCUT2D eigenvalue weighted by atomic mass is 16.5. The largest absolute Gasteiger partial charge is 0.494 e. The highest BCUT2D eigenvalue weighted by molar-refractivity contribution is 5.76. The molecule has 1 spiro atoms. The maximum absolute atomic E-state index is 13.2. The second-order valence-corrected chi connectivity index (χ2v) is 10.6. The van der Waals surface area contributed by atoms with Crippen LogP contribution in [0.3, 0.4) is 0 Å². The van der Waals surface area contributed by atoms with Crippen molar-refractivity contribution in [3.8, 4) is 5.75 Å². The number of anilines is 1. The minimum atomic E-state index is 0.103. The Labute approximate surface area is 203 Å². The molecule has 5 rings (SSSR count). The van der Waals surface area contributed by atoms with Gasteiger partial charge in [0.15, 0.2) is 0 Å². The number of hydrogen-bond acceptors (Lipinski definition) is 4. The van der Waals surface area contributed by atoms with E-state index in [0.29, 0.717) is 18.1 Å². The number of nitrogens with zero attached hydrogens (tertiary/aromatic N) is 3. The van der Waals surface area contributed by atoms with E-state index in [1.807, 2.05) is 19.1 Å². The predicted molar refractivity (Wildman–Crippen MR) is 136 cm³/mol. The summed E-state index contributed by atoms with van der Waals surface area (Å²) in [6, 6.07) is 19.7. The monoisotopic (exact) mass is 462 g/mol. The average Bonchev–Trinajstić information content (AvgIpc) is 2.77. The first-order valence-corrected chi connectivity index (χ1v) is 12.8. The minimum Gasteiger partial charge on any atom is -0.494 e. The van der Waals surface area contributed by atoms with Crippen LogP contribution in [0, 0.1) is 5.41 Å². The fraction of sp³-hybridized carbons (Fsp3) is 0.536. The molecule has 34 heavy (non-hydrogen) atoms. The minimum absolute atomic E-state index is 0.103. The van der Waals surface area contributed by atoms with Gasteiger partial charge in [0.05, 0.1) is 6.61 Å². The standard InChI is InChI=1S/C28H38N4O2/c1-4-34-26-12-10-25(11-13-26)31-16-21(2)32(22(3)17-31)27(33)29-24-14-28(15-24)19-30(20-28)18-23-8-6-5-7-9-23/h5-13,21-22,24H,4,14-20H2,1-3H3,(H,29,33)/t21-,22+. The maximum atomic E-state index is 13.2. The van der Waals surface area contributed by atoms with Crippen molar-refractivity contribution in [1.29, 1.82) is 0 Å². The van der Waals surface area contributed by atoms with Crippen LogP contribution in [0.2, 0.25) is 0 Å². The topological polar surface area (TPSA) is 48.1 Å². The van der Waals surface area contributed by atoms with Crippen molar-refractivity contribution in [2.24, 2.45) is 5.41 Å². The molecule has 2 atom stereocenters. The van der Waals surface area contributed by atoms with E-state index in [9.17, 15) is 4.79 Å². The Morgan fingerprint density at radius 2 is 1.65 bits per heavy atom. The van der Waals surface area contributed by atoms with Crippen molar-refractivity contribution in [3.05, 3.63) is 60.2 Å². The third-order valence-electron chi connectivity index (χ3n) is 7.72. The van der Waals surface area contributed by atoms with E-state index in [1.165, 1.54) is 11.3 Å². The Kier molecular flexibility index (Phi) is 6.43. The first-order valence-electron chi connectivity index (χ1n) is 12.8. The van der Waals surface area contributed by atoms with Gasteiger partial charge in [-0.25, -0.2) is 4.79 Å². The van der Waals surface area contributed by atoms with Gasteiger partial charge in [-0.2, -0.15) is 0 Å². The summed E-state index contributed by atoms with van der Waals surface area (Å²) >= 11 is 0. The van der Waals surface area contributed by atoms with Crippen LogP contribution >= 0.6 is 0 Å². The molecule has 2 aromatic carbocycles. The Balaban J connectivity index is 1.08. The van der Waals surface area contributed by atoms with Gasteiger partial charge in [-0.3, -0.25) is 4.90 Å². The molecule has 3 fully saturated rings. The lowest BCUT2D eigenvalue weighted by Gasteiger charge is -2.59. The van der Waals surface area contributed by atoms with Crippen LogP contribution in [-0.4, -0.2) is 66.7 Å². The number of nitrogens with one attached hydrogen (secondary N) is 1. The number of amides is 2. The van der Waals surface area contributed by atoms with E-state index in [1.54, 1.807) is 0 Å². The molecule has 1 saturated carbocycles. The van der Waals surface area contributed by atoms with Crippen LogP contribution in [0.1, 0.15) is 39.2 Å². The smallest absolute Gasteiger partial charge is 0.318 e. The zero-order chi connectivity index (χ0) is 23.7. The Morgan fingerprint density at radius 1 is 1.00 bits per heavy atom. The van der Waals surface area contributed by atoms with E-state index in [-0.39, 0.29) is 18.1 Å². The van der Waals surface area contributed by atoms with Crippen molar-refractivity contribution >= 4 is 11.7 Å². The zero-order valence-corrected chi connectivity index (χ0v) is 20.7. The molecule has 2 amide bonds. The summed E-state index contributed by atoms with van der Waals surface area (Å²) in [6.45, 7) is 12.0. The number of carbonyl (C=O) groups is 1. The van der Waals surface area contributed by atoms with Crippen LogP contribution in [-0.2, 0) is 6.54 Å². The van der Waals surface area contributed by atoms with Gasteiger partial charge in [0, 0.05) is 56.5 Å². The molecule has 0 unspecified atom stereocenters. The third-order valence-corrected chi connectivity index (χ3v) is 7.72. The number of likely N-dealkylation sites (tertiary alicyclic amines) is 1. The second-order valence-electron chi connectivity index (χ2n) is 10.6. The van der Waals surface area contributed by atoms with E-state index in [4.69, 9.17) is 4.74 Å². The van der Waals surface area contributed by atoms with E-state index in [0.717, 1.165) is 51.3 Å². The Bertz CT molecular complexity index is 954. The van der Waals surface area contributed by atoms with Crippen LogP contribution in [0.5, 0.6) is 5.75 Å². The summed E-state index contributed by atoms with van der Waals surface area (Å²) in [5.41, 5.74) is 3.00. The molecule has 182 valence electrons. The summed E-state index contributed by atoms with van der Waals surface area (Å²) in [4.78, 5) is 20.1. The summed E-state index contributed by atoms with van der Waals surface area (Å²) in [5.74, 6) is 0.901. The van der Waals surface area contributed by atoms with Crippen molar-refractivity contribution in [2.45, 2.75) is 58.3 Å². The zero-order valence-electron chi connectivity index (χ0n) is 20.7. The van der Waals surface area contributed by atoms with Gasteiger partial charge in [-0.15, -0.1) is 0 Å². The van der Waals surface area contributed by atoms with Crippen molar-refractivity contribution in [3.63, 3.8) is 0 Å². The lowest BCUT2D eigenvalue weighted by Crippen LogP contribution is -2.68. The highest BCUT2D eigenvalue weighted by Gasteiger charge is 2.52. The molecule has 2 aromatic rings. The van der Waals surface area contributed by atoms with Crippen LogP contribution in [0.25, 0.3) is 0 Å². The first-order chi connectivity index (χ1) is 16.4. The van der Waals surface area contributed by atoms with Crippen molar-refractivity contribution < 1.29 is 9.53 Å². The number of piperazine rings is 1. The molecule has 6 heteroatoms. The summed E-state index contributed by atoms with van der Waals surface area (Å²) in [5, 5.41) is 3.34. The van der Waals surface area contributed by atoms with Gasteiger partial charge in [-0.05, 0) is 68.9 Å². The van der Waals surface area contributed by atoms with Gasteiger partial charge in [0.25, 0.3) is 0 Å². The molecule has 2 aliphatic heterocycles. The lowest BCUT2D eigenvalue weighted by molar-refractivity contribution is -0.0812. The molecular formula is C28H38N4O2. The highest BCUT2D eigenvalue weighted by Crippen LogP contribution is 2.48. The van der Waals surface area contributed by atoms with Crippen LogP contribution in [0.4, 0.5) is 10.5 Å². The molecule has 0 aromatic heterocycles. The Morgan fingerprint density at radius 3 is 2.26 bits per heavy atom. The normalized spacial score (nSPS) is 24.4. The van der Waals surface area contributed by atoms with Gasteiger partial charge in [0.1, 0.15) is 5.75 Å². The van der Waals surface area contributed by atoms with E-state index >= 15 is 0 Å². The first kappa shape index (κ1) is 23.0. The average molecular weight is 463 g/mol. The van der Waals surface area contributed by atoms with Gasteiger partial charge >= 0.3 is 6.03 Å². The van der Waals surface area contributed by atoms with Crippen LogP contribution in [0.15, 0.2) is 54.6 Å². The molecule has 6 nitrogen and oxygen atoms in total. The van der Waals surface area contributed by atoms with E-state index in [2.05, 4.69) is 76.3 Å². The maximum Gasteiger partial charge on any atom is 0.318 e. The third kappa shape index (κ3) is 4.74. The molecule has 2 saturated heterocycles. The molecule has 0 radical (unpaired) electrons. The van der Waals surface area contributed by atoms with Gasteiger partial charge < -0.3 is 19.9 Å². The fourth-order valence-corrected chi connectivity index (χ4v) is 6.30. The SMILES string of the molecule is CCOc1ccc(N2C[C@@H](C)N(C(=O)NC3CC4(C3)CN(Cc3ccccc3)C4)[C@@H](C)C2)cc1. The quantitative estimate of drug-likeness (QED) is 0.693. The molecule has 3 aliphatic rings. The molecule has 1 aliphatic carbocycles. The van der Waals surface area contributed by atoms with E-state index < -0.39 is 0 Å². The van der Waals surface area contributed by atoms with Gasteiger partial charge in [0.2, 0.25) is 0 Å². The lowest BCUT2D eigenvalue weighted by atomic mass is 9.60. The number of benzene rings is 2. The predicted octanol–water partition coefficient (Wildman–Crippen LogP) is 4.36. The molecular weight excluding hydrogens is 424 g/mol.